The monoisotopic (exact) mass is 371 g/mol. The molecule has 1 nitrogen and oxygen atoms in total. The third-order valence-corrected chi connectivity index (χ3v) is 22.0. The molecule has 1 atom stereocenters. The van der Waals surface area contributed by atoms with Gasteiger partial charge in [0.2, 0.25) is 0 Å². The fourth-order valence-electron chi connectivity index (χ4n) is 3.49. The van der Waals surface area contributed by atoms with E-state index < -0.39 is 18.4 Å². The number of H-pyrrole nitrogens is 1. The molecule has 0 spiro atoms. The Morgan fingerprint density at radius 3 is 2.11 bits per heavy atom. The number of aromatic nitrogens is 1. The van der Waals surface area contributed by atoms with E-state index in [-0.39, 0.29) is 0 Å². The Morgan fingerprint density at radius 1 is 1.05 bits per heavy atom. The third-order valence-electron chi connectivity index (χ3n) is 4.75. The van der Waals surface area contributed by atoms with Crippen LogP contribution in [0.2, 0.25) is 12.8 Å². The summed E-state index contributed by atoms with van der Waals surface area (Å²) in [4.78, 5) is 3.63. The van der Waals surface area contributed by atoms with Crippen molar-refractivity contribution in [3.05, 3.63) is 18.3 Å². The van der Waals surface area contributed by atoms with Crippen molar-refractivity contribution in [2.24, 2.45) is 0 Å². The molecule has 1 unspecified atom stereocenters. The Morgan fingerprint density at radius 2 is 1.68 bits per heavy atom. The van der Waals surface area contributed by atoms with Crippen molar-refractivity contribution >= 4 is 22.1 Å². The van der Waals surface area contributed by atoms with Gasteiger partial charge in [-0.05, 0) is 0 Å². The average Bonchev–Trinajstić information content (AvgIpc) is 2.94. The van der Waals surface area contributed by atoms with Crippen molar-refractivity contribution in [2.75, 3.05) is 0 Å². The van der Waals surface area contributed by atoms with Crippen molar-refractivity contribution in [3.63, 3.8) is 0 Å². The van der Waals surface area contributed by atoms with Gasteiger partial charge in [0.1, 0.15) is 0 Å². The molecule has 2 heteroatoms. The molecule has 0 saturated heterocycles. The standard InChI is InChI=1S/C5H11.C4H4N.2C4H9.Sn/c1-3-5-4-2;1-2-4-5-3-1;2*1-3-4-2;/h3H,4-5H2,1-2H3;1-3,5H;2*1,3-4H2,2H3;. The third kappa shape index (κ3) is 4.54. The summed E-state index contributed by atoms with van der Waals surface area (Å²) in [5.74, 6) is 0. The number of aromatic amines is 1. The molecule has 0 saturated carbocycles. The van der Waals surface area contributed by atoms with Crippen molar-refractivity contribution in [2.45, 2.75) is 79.0 Å². The first kappa shape index (κ1) is 17.1. The first-order chi connectivity index (χ1) is 9.21. The van der Waals surface area contributed by atoms with Gasteiger partial charge in [-0.1, -0.05) is 0 Å². The molecule has 1 rings (SSSR count). The molecule has 0 aromatic carbocycles. The van der Waals surface area contributed by atoms with Crippen LogP contribution >= 0.6 is 0 Å². The maximum atomic E-state index is 3.63. The summed E-state index contributed by atoms with van der Waals surface area (Å²) in [5.41, 5.74) is 0. The molecule has 1 heterocycles. The fraction of sp³-hybridized carbons (Fsp3) is 0.765. The van der Waals surface area contributed by atoms with E-state index in [0.29, 0.717) is 0 Å². The van der Waals surface area contributed by atoms with E-state index in [4.69, 9.17) is 0 Å². The van der Waals surface area contributed by atoms with Gasteiger partial charge in [-0.2, -0.15) is 0 Å². The van der Waals surface area contributed by atoms with E-state index in [1.807, 2.05) is 0 Å². The van der Waals surface area contributed by atoms with Crippen LogP contribution in [0.1, 0.15) is 66.2 Å². The van der Waals surface area contributed by atoms with Gasteiger partial charge in [0.25, 0.3) is 0 Å². The topological polar surface area (TPSA) is 15.8 Å². The molecule has 0 aliphatic heterocycles. The summed E-state index contributed by atoms with van der Waals surface area (Å²) in [6, 6.07) is 4.63. The Labute approximate surface area is 124 Å². The number of hydrogen-bond donors (Lipinski definition) is 1. The molecule has 19 heavy (non-hydrogen) atoms. The van der Waals surface area contributed by atoms with Gasteiger partial charge in [0.15, 0.2) is 0 Å². The second-order valence-corrected chi connectivity index (χ2v) is 19.9. The van der Waals surface area contributed by atoms with Crippen LogP contribution < -0.4 is 3.71 Å². The number of rotatable bonds is 10. The molecule has 0 aliphatic carbocycles. The molecule has 0 aliphatic rings. The van der Waals surface area contributed by atoms with Gasteiger partial charge < -0.3 is 0 Å². The molecule has 0 amide bonds. The van der Waals surface area contributed by atoms with Crippen LogP contribution in [0.4, 0.5) is 0 Å². The zero-order valence-electron chi connectivity index (χ0n) is 13.5. The van der Waals surface area contributed by atoms with E-state index in [1.165, 1.54) is 38.5 Å². The van der Waals surface area contributed by atoms with Crippen molar-refractivity contribution in [1.82, 2.24) is 4.98 Å². The van der Waals surface area contributed by atoms with Crippen LogP contribution in [0.3, 0.4) is 0 Å². The number of hydrogen-bond acceptors (Lipinski definition) is 0. The molecule has 1 aromatic heterocycles. The van der Waals surface area contributed by atoms with E-state index in [1.54, 1.807) is 12.6 Å². The van der Waals surface area contributed by atoms with Crippen LogP contribution in [-0.2, 0) is 0 Å². The Hall–Kier alpha value is 0.0787. The molecular weight excluding hydrogens is 337 g/mol. The van der Waals surface area contributed by atoms with Crippen LogP contribution in [0.15, 0.2) is 18.3 Å². The predicted octanol–water partition coefficient (Wildman–Crippen LogP) is 5.46. The molecule has 0 bridgehead atoms. The first-order valence-electron chi connectivity index (χ1n) is 8.35. The summed E-state index contributed by atoms with van der Waals surface area (Å²) < 4.78 is 5.77. The van der Waals surface area contributed by atoms with Crippen LogP contribution in [0.5, 0.6) is 0 Å². The van der Waals surface area contributed by atoms with E-state index >= 15 is 0 Å². The van der Waals surface area contributed by atoms with Gasteiger partial charge in [0, 0.05) is 0 Å². The second-order valence-electron chi connectivity index (χ2n) is 6.14. The Kier molecular flexibility index (Phi) is 8.20. The maximum absolute atomic E-state index is 3.63. The predicted molar refractivity (Wildman–Crippen MR) is 89.9 cm³/mol. The normalized spacial score (nSPS) is 13.7. The summed E-state index contributed by atoms with van der Waals surface area (Å²) in [7, 11) is 0. The molecule has 1 aromatic rings. The Balaban J connectivity index is 3.00. The van der Waals surface area contributed by atoms with Crippen molar-refractivity contribution in [1.29, 1.82) is 0 Å². The Bertz CT molecular complexity index is 310. The van der Waals surface area contributed by atoms with E-state index in [0.717, 1.165) is 3.93 Å². The molecular formula is C17H33NSn. The summed E-state index contributed by atoms with van der Waals surface area (Å²) in [6.07, 6.45) is 10.5. The minimum absolute atomic E-state index is 0.982. The van der Waals surface area contributed by atoms with Gasteiger partial charge >= 0.3 is 124 Å². The summed E-state index contributed by atoms with van der Waals surface area (Å²) in [6.45, 7) is 9.60. The zero-order valence-corrected chi connectivity index (χ0v) is 16.3. The molecule has 1 N–H and O–H groups in total. The van der Waals surface area contributed by atoms with Gasteiger partial charge in [0.05, 0.1) is 0 Å². The minimum atomic E-state index is -2.22. The molecule has 0 radical (unpaired) electrons. The molecule has 110 valence electrons. The zero-order chi connectivity index (χ0) is 14.1. The van der Waals surface area contributed by atoms with Gasteiger partial charge in [-0.25, -0.2) is 0 Å². The van der Waals surface area contributed by atoms with Crippen LogP contribution in [0, 0.1) is 0 Å². The van der Waals surface area contributed by atoms with Gasteiger partial charge in [-0.15, -0.1) is 0 Å². The summed E-state index contributed by atoms with van der Waals surface area (Å²) >= 11 is -2.22. The number of nitrogens with one attached hydrogen (secondary N) is 1. The quantitative estimate of drug-likeness (QED) is 0.527. The average molecular weight is 370 g/mol. The molecule has 0 fully saturated rings. The van der Waals surface area contributed by atoms with Crippen LogP contribution in [-0.4, -0.2) is 23.4 Å². The van der Waals surface area contributed by atoms with Crippen molar-refractivity contribution < 1.29 is 0 Å². The first-order valence-corrected chi connectivity index (χ1v) is 15.5. The van der Waals surface area contributed by atoms with Gasteiger partial charge in [-0.3, -0.25) is 0 Å². The SMILES string of the molecule is CCC[CH2][Sn]([CH2]CCC)([c]1ccc[nH]1)[CH](C)CCC. The number of unbranched alkanes of at least 4 members (excludes halogenated alkanes) is 2. The van der Waals surface area contributed by atoms with Crippen molar-refractivity contribution in [3.8, 4) is 0 Å². The van der Waals surface area contributed by atoms with E-state index in [9.17, 15) is 0 Å². The summed E-state index contributed by atoms with van der Waals surface area (Å²) in [5, 5.41) is 0. The van der Waals surface area contributed by atoms with E-state index in [2.05, 4.69) is 51.0 Å². The second kappa shape index (κ2) is 9.10. The fourth-order valence-corrected chi connectivity index (χ4v) is 20.4. The van der Waals surface area contributed by atoms with Crippen LogP contribution in [0.25, 0.3) is 0 Å².